The van der Waals surface area contributed by atoms with Crippen LogP contribution in [0.2, 0.25) is 0 Å². The Hall–Kier alpha value is -2.04. The van der Waals surface area contributed by atoms with Gasteiger partial charge in [0.05, 0.1) is 12.7 Å². The number of aryl methyl sites for hydroxylation is 1. The molecule has 5 heteroatoms. The molecule has 0 heterocycles. The van der Waals surface area contributed by atoms with Crippen molar-refractivity contribution in [1.82, 2.24) is 10.6 Å². The van der Waals surface area contributed by atoms with Crippen LogP contribution >= 0.6 is 0 Å². The summed E-state index contributed by atoms with van der Waals surface area (Å²) in [6, 6.07) is 4.77. The van der Waals surface area contributed by atoms with Crippen molar-refractivity contribution < 1.29 is 14.3 Å². The van der Waals surface area contributed by atoms with Gasteiger partial charge in [0.1, 0.15) is 11.8 Å². The largest absolute Gasteiger partial charge is 0.496 e. The molecule has 5 nitrogen and oxygen atoms in total. The summed E-state index contributed by atoms with van der Waals surface area (Å²) in [5.41, 5.74) is 1.39. The first-order valence-corrected chi connectivity index (χ1v) is 6.72. The second-order valence-electron chi connectivity index (χ2n) is 4.69. The van der Waals surface area contributed by atoms with Crippen LogP contribution in [0.5, 0.6) is 5.75 Å². The van der Waals surface area contributed by atoms with Crippen molar-refractivity contribution in [2.75, 3.05) is 13.7 Å². The monoisotopic (exact) mass is 278 g/mol. The van der Waals surface area contributed by atoms with E-state index in [2.05, 4.69) is 10.6 Å². The van der Waals surface area contributed by atoms with E-state index in [9.17, 15) is 9.59 Å². The summed E-state index contributed by atoms with van der Waals surface area (Å²) in [7, 11) is 1.51. The van der Waals surface area contributed by atoms with E-state index in [1.165, 1.54) is 7.11 Å². The highest BCUT2D eigenvalue weighted by Gasteiger charge is 2.18. The van der Waals surface area contributed by atoms with Crippen LogP contribution in [-0.2, 0) is 4.79 Å². The highest BCUT2D eigenvalue weighted by atomic mass is 16.5. The lowest BCUT2D eigenvalue weighted by Gasteiger charge is -2.15. The lowest BCUT2D eigenvalue weighted by molar-refractivity contribution is -0.122. The van der Waals surface area contributed by atoms with Gasteiger partial charge in [0.2, 0.25) is 5.91 Å². The number of benzene rings is 1. The minimum atomic E-state index is -0.584. The molecule has 0 aliphatic heterocycles. The predicted molar refractivity (Wildman–Crippen MR) is 78.0 cm³/mol. The molecule has 0 radical (unpaired) electrons. The van der Waals surface area contributed by atoms with Crippen molar-refractivity contribution in [1.29, 1.82) is 0 Å². The molecule has 1 rings (SSSR count). The summed E-state index contributed by atoms with van der Waals surface area (Å²) in [5, 5.41) is 5.42. The Morgan fingerprint density at radius 3 is 2.65 bits per heavy atom. The number of carbonyl (C=O) groups excluding carboxylic acids is 2. The molecular formula is C15H22N2O3. The fraction of sp³-hybridized carbons (Fsp3) is 0.467. The number of carbonyl (C=O) groups is 2. The Morgan fingerprint density at radius 1 is 1.35 bits per heavy atom. The maximum atomic E-state index is 12.2. The molecule has 2 N–H and O–H groups in total. The van der Waals surface area contributed by atoms with Crippen molar-refractivity contribution in [3.63, 3.8) is 0 Å². The van der Waals surface area contributed by atoms with Crippen molar-refractivity contribution in [3.8, 4) is 5.75 Å². The zero-order valence-corrected chi connectivity index (χ0v) is 12.4. The van der Waals surface area contributed by atoms with Crippen molar-refractivity contribution in [2.24, 2.45) is 0 Å². The summed E-state index contributed by atoms with van der Waals surface area (Å²) in [4.78, 5) is 23.9. The van der Waals surface area contributed by atoms with E-state index in [1.807, 2.05) is 19.9 Å². The molecule has 1 atom stereocenters. The van der Waals surface area contributed by atoms with E-state index in [-0.39, 0.29) is 11.8 Å². The average Bonchev–Trinajstić information content (AvgIpc) is 2.44. The number of rotatable bonds is 6. The lowest BCUT2D eigenvalue weighted by Crippen LogP contribution is -2.45. The van der Waals surface area contributed by atoms with Gasteiger partial charge in [-0.15, -0.1) is 0 Å². The fourth-order valence-corrected chi connectivity index (χ4v) is 1.74. The number of hydrogen-bond acceptors (Lipinski definition) is 3. The molecule has 2 amide bonds. The fourth-order valence-electron chi connectivity index (χ4n) is 1.74. The third kappa shape index (κ3) is 4.26. The summed E-state index contributed by atoms with van der Waals surface area (Å²) in [6.45, 7) is 6.13. The first-order chi connectivity index (χ1) is 9.49. The van der Waals surface area contributed by atoms with Gasteiger partial charge in [-0.25, -0.2) is 0 Å². The molecule has 0 aromatic heterocycles. The summed E-state index contributed by atoms with van der Waals surface area (Å²) >= 11 is 0. The third-order valence-corrected chi connectivity index (χ3v) is 2.89. The minimum absolute atomic E-state index is 0.188. The van der Waals surface area contributed by atoms with E-state index in [0.29, 0.717) is 17.9 Å². The Kier molecular flexibility index (Phi) is 6.03. The van der Waals surface area contributed by atoms with Crippen molar-refractivity contribution in [3.05, 3.63) is 29.3 Å². The van der Waals surface area contributed by atoms with Crippen LogP contribution in [-0.4, -0.2) is 31.5 Å². The van der Waals surface area contributed by atoms with Gasteiger partial charge in [-0.3, -0.25) is 9.59 Å². The standard InChI is InChI=1S/C15H22N2O3/c1-5-8-16-14(18)11(3)17-15(19)12-9-10(2)6-7-13(12)20-4/h6-7,9,11H,5,8H2,1-4H3,(H,16,18)(H,17,19)/t11-/m1/s1. The number of methoxy groups -OCH3 is 1. The van der Waals surface area contributed by atoms with Gasteiger partial charge >= 0.3 is 0 Å². The zero-order chi connectivity index (χ0) is 15.1. The van der Waals surface area contributed by atoms with Crippen LogP contribution in [0.25, 0.3) is 0 Å². The number of ether oxygens (including phenoxy) is 1. The van der Waals surface area contributed by atoms with Gasteiger partial charge < -0.3 is 15.4 Å². The van der Waals surface area contributed by atoms with E-state index < -0.39 is 6.04 Å². The molecule has 0 aliphatic rings. The maximum absolute atomic E-state index is 12.2. The lowest BCUT2D eigenvalue weighted by atomic mass is 10.1. The predicted octanol–water partition coefficient (Wildman–Crippen LogP) is 1.65. The molecule has 1 aromatic carbocycles. The van der Waals surface area contributed by atoms with E-state index in [0.717, 1.165) is 12.0 Å². The Bertz CT molecular complexity index is 486. The number of nitrogens with one attached hydrogen (secondary N) is 2. The van der Waals surface area contributed by atoms with Gasteiger partial charge in [-0.2, -0.15) is 0 Å². The molecule has 0 saturated heterocycles. The summed E-state index contributed by atoms with van der Waals surface area (Å²) in [6.07, 6.45) is 0.859. The minimum Gasteiger partial charge on any atom is -0.496 e. The molecule has 20 heavy (non-hydrogen) atoms. The normalized spacial score (nSPS) is 11.6. The van der Waals surface area contributed by atoms with E-state index in [1.54, 1.807) is 19.1 Å². The molecule has 0 unspecified atom stereocenters. The van der Waals surface area contributed by atoms with E-state index >= 15 is 0 Å². The Balaban J connectivity index is 2.75. The molecule has 1 aromatic rings. The average molecular weight is 278 g/mol. The first kappa shape index (κ1) is 16.0. The Labute approximate surface area is 119 Å². The molecule has 0 fully saturated rings. The van der Waals surface area contributed by atoms with Gasteiger partial charge in [0.15, 0.2) is 0 Å². The van der Waals surface area contributed by atoms with Crippen molar-refractivity contribution in [2.45, 2.75) is 33.2 Å². The topological polar surface area (TPSA) is 67.4 Å². The SMILES string of the molecule is CCCNC(=O)[C@@H](C)NC(=O)c1cc(C)ccc1OC. The van der Waals surface area contributed by atoms with Gasteiger partial charge in [-0.05, 0) is 32.4 Å². The van der Waals surface area contributed by atoms with Crippen LogP contribution in [0, 0.1) is 6.92 Å². The van der Waals surface area contributed by atoms with Crippen LogP contribution < -0.4 is 15.4 Å². The smallest absolute Gasteiger partial charge is 0.255 e. The Morgan fingerprint density at radius 2 is 2.05 bits per heavy atom. The third-order valence-electron chi connectivity index (χ3n) is 2.89. The van der Waals surface area contributed by atoms with Gasteiger partial charge in [0.25, 0.3) is 5.91 Å². The summed E-state index contributed by atoms with van der Waals surface area (Å²) < 4.78 is 5.17. The number of amides is 2. The zero-order valence-electron chi connectivity index (χ0n) is 12.4. The van der Waals surface area contributed by atoms with Crippen LogP contribution in [0.3, 0.4) is 0 Å². The molecule has 0 aliphatic carbocycles. The highest BCUT2D eigenvalue weighted by molar-refractivity contribution is 5.99. The van der Waals surface area contributed by atoms with Crippen LogP contribution in [0.15, 0.2) is 18.2 Å². The van der Waals surface area contributed by atoms with Gasteiger partial charge in [-0.1, -0.05) is 18.6 Å². The van der Waals surface area contributed by atoms with Crippen molar-refractivity contribution >= 4 is 11.8 Å². The van der Waals surface area contributed by atoms with Gasteiger partial charge in [0, 0.05) is 6.54 Å². The molecule has 0 bridgehead atoms. The van der Waals surface area contributed by atoms with E-state index in [4.69, 9.17) is 4.74 Å². The maximum Gasteiger partial charge on any atom is 0.255 e. The van der Waals surface area contributed by atoms with Crippen LogP contribution in [0.4, 0.5) is 0 Å². The molecule has 0 spiro atoms. The molecule has 110 valence electrons. The quantitative estimate of drug-likeness (QED) is 0.831. The highest BCUT2D eigenvalue weighted by Crippen LogP contribution is 2.19. The second kappa shape index (κ2) is 7.53. The molecule has 0 saturated carbocycles. The number of hydrogen-bond donors (Lipinski definition) is 2. The molecular weight excluding hydrogens is 256 g/mol. The summed E-state index contributed by atoms with van der Waals surface area (Å²) in [5.74, 6) is -0.00853. The van der Waals surface area contributed by atoms with Crippen LogP contribution in [0.1, 0.15) is 36.2 Å². The second-order valence-corrected chi connectivity index (χ2v) is 4.69. The first-order valence-electron chi connectivity index (χ1n) is 6.72.